The molecule has 1 aromatic rings. The number of halogens is 1. The topological polar surface area (TPSA) is 54.0 Å². The molecule has 0 saturated carbocycles. The second-order valence-electron chi connectivity index (χ2n) is 3.51. The van der Waals surface area contributed by atoms with Gasteiger partial charge in [0.2, 0.25) is 5.91 Å². The molecule has 0 spiro atoms. The van der Waals surface area contributed by atoms with E-state index in [1.807, 2.05) is 13.0 Å². The van der Waals surface area contributed by atoms with E-state index in [0.717, 1.165) is 5.56 Å². The van der Waals surface area contributed by atoms with Crippen LogP contribution in [0.4, 0.5) is 0 Å². The fourth-order valence-corrected chi connectivity index (χ4v) is 1.40. The van der Waals surface area contributed by atoms with E-state index in [-0.39, 0.29) is 11.9 Å². The first-order valence-electron chi connectivity index (χ1n) is 5.19. The average Bonchev–Trinajstić information content (AvgIpc) is 2.29. The van der Waals surface area contributed by atoms with Gasteiger partial charge in [-0.15, -0.1) is 0 Å². The Morgan fingerprint density at radius 3 is 2.88 bits per heavy atom. The molecule has 1 heterocycles. The van der Waals surface area contributed by atoms with Gasteiger partial charge in [-0.05, 0) is 18.6 Å². The van der Waals surface area contributed by atoms with Crippen molar-refractivity contribution in [3.63, 3.8) is 0 Å². The normalized spacial score (nSPS) is 12.2. The zero-order valence-electron chi connectivity index (χ0n) is 9.46. The third-order valence-corrected chi connectivity index (χ3v) is 2.56. The minimum absolute atomic E-state index is 0.0360. The highest BCUT2D eigenvalue weighted by Crippen LogP contribution is 2.12. The number of carbonyl (C=O) groups excluding carboxylic acids is 1. The largest absolute Gasteiger partial charge is 0.359 e. The molecule has 5 heteroatoms. The number of carbonyl (C=O) groups is 1. The zero-order valence-corrected chi connectivity index (χ0v) is 10.2. The Hall–Kier alpha value is -1.13. The van der Waals surface area contributed by atoms with Gasteiger partial charge in [-0.3, -0.25) is 4.79 Å². The van der Waals surface area contributed by atoms with Crippen LogP contribution in [0.5, 0.6) is 0 Å². The minimum atomic E-state index is 0.0360. The summed E-state index contributed by atoms with van der Waals surface area (Å²) in [5.41, 5.74) is 1.06. The lowest BCUT2D eigenvalue weighted by molar-refractivity contribution is -0.120. The first-order valence-corrected chi connectivity index (χ1v) is 5.56. The maximum Gasteiger partial charge on any atom is 0.221 e. The molecule has 0 saturated heterocycles. The van der Waals surface area contributed by atoms with Crippen molar-refractivity contribution in [2.24, 2.45) is 0 Å². The molecule has 0 aromatic carbocycles. The molecule has 16 heavy (non-hydrogen) atoms. The van der Waals surface area contributed by atoms with Gasteiger partial charge in [0.15, 0.2) is 0 Å². The molecule has 0 aliphatic carbocycles. The molecule has 88 valence electrons. The van der Waals surface area contributed by atoms with E-state index in [9.17, 15) is 4.79 Å². The standard InChI is InChI=1S/C11H16ClN3O/c1-8(14-6-5-11(16)13-2)9-3-4-10(12)15-7-9/h3-4,7-8,14H,5-6H2,1-2H3,(H,13,16). The van der Waals surface area contributed by atoms with Gasteiger partial charge in [0.1, 0.15) is 5.15 Å². The van der Waals surface area contributed by atoms with Crippen LogP contribution in [-0.2, 0) is 4.79 Å². The number of hydrogen-bond donors (Lipinski definition) is 2. The van der Waals surface area contributed by atoms with Crippen LogP contribution in [0.2, 0.25) is 5.15 Å². The third kappa shape index (κ3) is 4.16. The Bertz CT molecular complexity index is 340. The predicted octanol–water partition coefficient (Wildman–Crippen LogP) is 1.52. The van der Waals surface area contributed by atoms with E-state index in [1.54, 1.807) is 19.3 Å². The van der Waals surface area contributed by atoms with Crippen molar-refractivity contribution in [2.45, 2.75) is 19.4 Å². The van der Waals surface area contributed by atoms with Crippen molar-refractivity contribution in [1.29, 1.82) is 0 Å². The average molecular weight is 242 g/mol. The summed E-state index contributed by atoms with van der Waals surface area (Å²) in [6.07, 6.45) is 2.21. The Balaban J connectivity index is 2.37. The smallest absolute Gasteiger partial charge is 0.221 e. The van der Waals surface area contributed by atoms with Gasteiger partial charge >= 0.3 is 0 Å². The molecule has 0 radical (unpaired) electrons. The summed E-state index contributed by atoms with van der Waals surface area (Å²) in [6.45, 7) is 2.66. The summed E-state index contributed by atoms with van der Waals surface area (Å²) in [6, 6.07) is 3.84. The highest BCUT2D eigenvalue weighted by Gasteiger charge is 2.05. The van der Waals surface area contributed by atoms with E-state index in [1.165, 1.54) is 0 Å². The van der Waals surface area contributed by atoms with Gasteiger partial charge in [0.25, 0.3) is 0 Å². The Morgan fingerprint density at radius 2 is 2.31 bits per heavy atom. The first kappa shape index (κ1) is 12.9. The molecule has 4 nitrogen and oxygen atoms in total. The molecule has 0 bridgehead atoms. The van der Waals surface area contributed by atoms with Gasteiger partial charge in [0, 0.05) is 32.3 Å². The highest BCUT2D eigenvalue weighted by molar-refractivity contribution is 6.29. The minimum Gasteiger partial charge on any atom is -0.359 e. The Kier molecular flexibility index (Phi) is 5.22. The van der Waals surface area contributed by atoms with Crippen LogP contribution in [-0.4, -0.2) is 24.5 Å². The number of rotatable bonds is 5. The van der Waals surface area contributed by atoms with Crippen LogP contribution < -0.4 is 10.6 Å². The van der Waals surface area contributed by atoms with Crippen LogP contribution in [0.3, 0.4) is 0 Å². The number of nitrogens with one attached hydrogen (secondary N) is 2. The Labute approximate surface area is 100 Å². The molecular weight excluding hydrogens is 226 g/mol. The summed E-state index contributed by atoms with van der Waals surface area (Å²) in [5.74, 6) is 0.0360. The van der Waals surface area contributed by atoms with Crippen molar-refractivity contribution in [3.8, 4) is 0 Å². The van der Waals surface area contributed by atoms with Gasteiger partial charge in [-0.25, -0.2) is 4.98 Å². The second-order valence-corrected chi connectivity index (χ2v) is 3.90. The maximum absolute atomic E-state index is 11.0. The predicted molar refractivity (Wildman–Crippen MR) is 64.3 cm³/mol. The van der Waals surface area contributed by atoms with Gasteiger partial charge in [-0.2, -0.15) is 0 Å². The second kappa shape index (κ2) is 6.45. The number of hydrogen-bond acceptors (Lipinski definition) is 3. The molecule has 1 atom stereocenters. The molecule has 0 aliphatic rings. The van der Waals surface area contributed by atoms with E-state index in [2.05, 4.69) is 15.6 Å². The summed E-state index contributed by atoms with van der Waals surface area (Å²) >= 11 is 5.70. The van der Waals surface area contributed by atoms with E-state index in [0.29, 0.717) is 18.1 Å². The summed E-state index contributed by atoms with van der Waals surface area (Å²) in [5, 5.41) is 6.30. The van der Waals surface area contributed by atoms with Crippen LogP contribution >= 0.6 is 11.6 Å². The number of amides is 1. The van der Waals surface area contributed by atoms with Crippen LogP contribution in [0.15, 0.2) is 18.3 Å². The molecular formula is C11H16ClN3O. The van der Waals surface area contributed by atoms with Crippen LogP contribution in [0, 0.1) is 0 Å². The summed E-state index contributed by atoms with van der Waals surface area (Å²) in [4.78, 5) is 15.0. The van der Waals surface area contributed by atoms with Crippen molar-refractivity contribution in [1.82, 2.24) is 15.6 Å². The highest BCUT2D eigenvalue weighted by atomic mass is 35.5. The molecule has 1 unspecified atom stereocenters. The number of nitrogens with zero attached hydrogens (tertiary/aromatic N) is 1. The van der Waals surface area contributed by atoms with Crippen LogP contribution in [0.25, 0.3) is 0 Å². The fourth-order valence-electron chi connectivity index (χ4n) is 1.29. The zero-order chi connectivity index (χ0) is 12.0. The maximum atomic E-state index is 11.0. The lowest BCUT2D eigenvalue weighted by Gasteiger charge is -2.13. The Morgan fingerprint density at radius 1 is 1.56 bits per heavy atom. The lowest BCUT2D eigenvalue weighted by atomic mass is 10.1. The SMILES string of the molecule is CNC(=O)CCNC(C)c1ccc(Cl)nc1. The fraction of sp³-hybridized carbons (Fsp3) is 0.455. The van der Waals surface area contributed by atoms with Crippen molar-refractivity contribution in [2.75, 3.05) is 13.6 Å². The quantitative estimate of drug-likeness (QED) is 0.769. The number of pyridine rings is 1. The summed E-state index contributed by atoms with van der Waals surface area (Å²) < 4.78 is 0. The van der Waals surface area contributed by atoms with E-state index >= 15 is 0 Å². The van der Waals surface area contributed by atoms with Crippen molar-refractivity contribution >= 4 is 17.5 Å². The van der Waals surface area contributed by atoms with Crippen LogP contribution in [0.1, 0.15) is 24.9 Å². The van der Waals surface area contributed by atoms with E-state index < -0.39 is 0 Å². The molecule has 1 amide bonds. The molecule has 1 aromatic heterocycles. The third-order valence-electron chi connectivity index (χ3n) is 2.33. The van der Waals surface area contributed by atoms with Gasteiger partial charge in [0.05, 0.1) is 0 Å². The molecule has 0 aliphatic heterocycles. The molecule has 0 fully saturated rings. The summed E-state index contributed by atoms with van der Waals surface area (Å²) in [7, 11) is 1.63. The molecule has 1 rings (SSSR count). The van der Waals surface area contributed by atoms with Crippen molar-refractivity contribution < 1.29 is 4.79 Å². The monoisotopic (exact) mass is 241 g/mol. The first-order chi connectivity index (χ1) is 7.63. The van der Waals surface area contributed by atoms with Gasteiger partial charge < -0.3 is 10.6 Å². The lowest BCUT2D eigenvalue weighted by Crippen LogP contribution is -2.26. The van der Waals surface area contributed by atoms with Crippen molar-refractivity contribution in [3.05, 3.63) is 29.0 Å². The van der Waals surface area contributed by atoms with Gasteiger partial charge in [-0.1, -0.05) is 17.7 Å². The number of aromatic nitrogens is 1. The van der Waals surface area contributed by atoms with E-state index in [4.69, 9.17) is 11.6 Å². The molecule has 2 N–H and O–H groups in total.